The van der Waals surface area contributed by atoms with E-state index in [4.69, 9.17) is 4.98 Å². The van der Waals surface area contributed by atoms with Crippen LogP contribution < -0.4 is 5.32 Å². The molecule has 0 saturated heterocycles. The van der Waals surface area contributed by atoms with E-state index in [1.807, 2.05) is 38.1 Å². The quantitative estimate of drug-likeness (QED) is 0.331. The standard InChI is InChI=1S/C26H21N9O/c1-14(2)26(36)31-18-7-16(9-28-11-18)17-8-19-23(34-35-24(19)30-10-17)25-32-21-13-29-12-20(22(21)33-25)15-3-5-27-6-4-15/h3-14H,1-2H3,(H,31,36)(H,32,33)(H,30,34,35). The predicted molar refractivity (Wildman–Crippen MR) is 137 cm³/mol. The van der Waals surface area contributed by atoms with Gasteiger partial charge in [-0.3, -0.25) is 24.8 Å². The Morgan fingerprint density at radius 2 is 1.72 bits per heavy atom. The molecule has 6 aromatic heterocycles. The number of fused-ring (bicyclic) bond motifs is 2. The molecule has 1 amide bonds. The van der Waals surface area contributed by atoms with E-state index >= 15 is 0 Å². The van der Waals surface area contributed by atoms with Crippen molar-refractivity contribution in [2.75, 3.05) is 5.32 Å². The third kappa shape index (κ3) is 3.84. The molecule has 6 rings (SSSR count). The first-order chi connectivity index (χ1) is 17.6. The van der Waals surface area contributed by atoms with E-state index in [0.717, 1.165) is 38.7 Å². The second kappa shape index (κ2) is 8.66. The van der Waals surface area contributed by atoms with Gasteiger partial charge in [-0.05, 0) is 29.8 Å². The average Bonchev–Trinajstić information content (AvgIpc) is 3.53. The zero-order valence-corrected chi connectivity index (χ0v) is 19.5. The van der Waals surface area contributed by atoms with Gasteiger partial charge in [0.1, 0.15) is 5.69 Å². The highest BCUT2D eigenvalue weighted by molar-refractivity contribution is 5.97. The Kier molecular flexibility index (Phi) is 5.18. The molecule has 0 spiro atoms. The first kappa shape index (κ1) is 21.5. The van der Waals surface area contributed by atoms with Crippen molar-refractivity contribution in [1.82, 2.24) is 40.1 Å². The van der Waals surface area contributed by atoms with Crippen LogP contribution in [0.15, 0.2) is 67.6 Å². The number of imidazole rings is 1. The van der Waals surface area contributed by atoms with Crippen LogP contribution in [0.4, 0.5) is 5.69 Å². The molecule has 10 nitrogen and oxygen atoms in total. The number of aromatic nitrogens is 8. The third-order valence-corrected chi connectivity index (χ3v) is 5.90. The largest absolute Gasteiger partial charge is 0.335 e. The number of pyridine rings is 4. The van der Waals surface area contributed by atoms with E-state index in [1.54, 1.807) is 43.4 Å². The Balaban J connectivity index is 1.41. The van der Waals surface area contributed by atoms with Crippen molar-refractivity contribution in [3.8, 4) is 33.8 Å². The van der Waals surface area contributed by atoms with Crippen molar-refractivity contribution in [3.05, 3.63) is 67.6 Å². The second-order valence-corrected chi connectivity index (χ2v) is 8.70. The van der Waals surface area contributed by atoms with E-state index < -0.39 is 0 Å². The second-order valence-electron chi connectivity index (χ2n) is 8.70. The van der Waals surface area contributed by atoms with Crippen LogP contribution in [0, 0.1) is 5.92 Å². The number of hydrogen-bond donors (Lipinski definition) is 3. The minimum atomic E-state index is -0.127. The highest BCUT2D eigenvalue weighted by Gasteiger charge is 2.17. The summed E-state index contributed by atoms with van der Waals surface area (Å²) in [5.74, 6) is 0.439. The predicted octanol–water partition coefficient (Wildman–Crippen LogP) is 4.61. The van der Waals surface area contributed by atoms with Crippen molar-refractivity contribution in [1.29, 1.82) is 0 Å². The lowest BCUT2D eigenvalue weighted by atomic mass is 10.1. The first-order valence-corrected chi connectivity index (χ1v) is 11.4. The molecule has 176 valence electrons. The highest BCUT2D eigenvalue weighted by atomic mass is 16.1. The Labute approximate surface area is 205 Å². The van der Waals surface area contributed by atoms with Gasteiger partial charge in [0.05, 0.1) is 34.5 Å². The number of hydrogen-bond acceptors (Lipinski definition) is 7. The van der Waals surface area contributed by atoms with Crippen molar-refractivity contribution >= 4 is 33.7 Å². The van der Waals surface area contributed by atoms with Crippen LogP contribution >= 0.6 is 0 Å². The molecule has 0 bridgehead atoms. The number of anilines is 1. The van der Waals surface area contributed by atoms with Crippen LogP contribution in [0.5, 0.6) is 0 Å². The summed E-state index contributed by atoms with van der Waals surface area (Å²) in [4.78, 5) is 37.6. The van der Waals surface area contributed by atoms with Gasteiger partial charge in [0.2, 0.25) is 5.91 Å². The topological polar surface area (TPSA) is 138 Å². The molecule has 0 unspecified atom stereocenters. The smallest absolute Gasteiger partial charge is 0.226 e. The molecule has 36 heavy (non-hydrogen) atoms. The van der Waals surface area contributed by atoms with Crippen molar-refractivity contribution in [2.24, 2.45) is 5.92 Å². The molecule has 0 aliphatic rings. The van der Waals surface area contributed by atoms with Crippen LogP contribution in [-0.2, 0) is 4.79 Å². The first-order valence-electron chi connectivity index (χ1n) is 11.4. The fraction of sp³-hybridized carbons (Fsp3) is 0.115. The fourth-order valence-corrected chi connectivity index (χ4v) is 3.98. The number of nitrogens with one attached hydrogen (secondary N) is 3. The minimum Gasteiger partial charge on any atom is -0.335 e. The Hall–Kier alpha value is -4.99. The number of H-pyrrole nitrogens is 2. The van der Waals surface area contributed by atoms with Crippen LogP contribution in [-0.4, -0.2) is 46.0 Å². The zero-order chi connectivity index (χ0) is 24.6. The summed E-state index contributed by atoms with van der Waals surface area (Å²) < 4.78 is 0. The number of aromatic amines is 2. The van der Waals surface area contributed by atoms with Gasteiger partial charge in [-0.2, -0.15) is 5.10 Å². The summed E-state index contributed by atoms with van der Waals surface area (Å²) in [6, 6.07) is 7.72. The molecule has 6 aromatic rings. The molecule has 0 aliphatic carbocycles. The summed E-state index contributed by atoms with van der Waals surface area (Å²) in [7, 11) is 0. The lowest BCUT2D eigenvalue weighted by Crippen LogP contribution is -2.17. The Bertz CT molecular complexity index is 1720. The molecule has 0 fully saturated rings. The summed E-state index contributed by atoms with van der Waals surface area (Å²) in [5, 5.41) is 11.1. The maximum absolute atomic E-state index is 12.1. The number of carbonyl (C=O) groups is 1. The van der Waals surface area contributed by atoms with Crippen molar-refractivity contribution in [3.63, 3.8) is 0 Å². The molecule has 3 N–H and O–H groups in total. The molecule has 0 radical (unpaired) electrons. The van der Waals surface area contributed by atoms with E-state index in [1.165, 1.54) is 0 Å². The van der Waals surface area contributed by atoms with Gasteiger partial charge >= 0.3 is 0 Å². The summed E-state index contributed by atoms with van der Waals surface area (Å²) in [6.07, 6.45) is 12.1. The molecule has 0 aliphatic heterocycles. The molecule has 0 atom stereocenters. The maximum atomic E-state index is 12.1. The van der Waals surface area contributed by atoms with E-state index in [2.05, 4.69) is 40.4 Å². The van der Waals surface area contributed by atoms with Crippen molar-refractivity contribution < 1.29 is 4.79 Å². The van der Waals surface area contributed by atoms with Crippen LogP contribution in [0.2, 0.25) is 0 Å². The average molecular weight is 476 g/mol. The Morgan fingerprint density at radius 1 is 0.917 bits per heavy atom. The van der Waals surface area contributed by atoms with E-state index in [0.29, 0.717) is 22.9 Å². The highest BCUT2D eigenvalue weighted by Crippen LogP contribution is 2.32. The SMILES string of the molecule is CC(C)C(=O)Nc1cncc(-c2cnc3n[nH]c(-c4nc5c(-c6ccncc6)cncc5[nH]4)c3c2)c1. The van der Waals surface area contributed by atoms with Crippen LogP contribution in [0.25, 0.3) is 55.8 Å². The van der Waals surface area contributed by atoms with Gasteiger partial charge in [0.15, 0.2) is 11.5 Å². The number of carbonyl (C=O) groups excluding carboxylic acids is 1. The molecule has 6 heterocycles. The molecule has 0 aromatic carbocycles. The third-order valence-electron chi connectivity index (χ3n) is 5.90. The summed E-state index contributed by atoms with van der Waals surface area (Å²) >= 11 is 0. The molecular formula is C26H21N9O. The van der Waals surface area contributed by atoms with Gasteiger partial charge in [0, 0.05) is 53.6 Å². The number of nitrogens with zero attached hydrogens (tertiary/aromatic N) is 6. The van der Waals surface area contributed by atoms with Gasteiger partial charge in [-0.25, -0.2) is 9.97 Å². The van der Waals surface area contributed by atoms with Gasteiger partial charge in [-0.1, -0.05) is 13.8 Å². The lowest BCUT2D eigenvalue weighted by Gasteiger charge is -2.09. The molecule has 10 heteroatoms. The maximum Gasteiger partial charge on any atom is 0.226 e. The van der Waals surface area contributed by atoms with Gasteiger partial charge < -0.3 is 10.3 Å². The van der Waals surface area contributed by atoms with Gasteiger partial charge in [0.25, 0.3) is 0 Å². The summed E-state index contributed by atoms with van der Waals surface area (Å²) in [6.45, 7) is 3.69. The van der Waals surface area contributed by atoms with Crippen LogP contribution in [0.1, 0.15) is 13.8 Å². The zero-order valence-electron chi connectivity index (χ0n) is 19.5. The van der Waals surface area contributed by atoms with Crippen molar-refractivity contribution in [2.45, 2.75) is 13.8 Å². The van der Waals surface area contributed by atoms with Gasteiger partial charge in [-0.15, -0.1) is 0 Å². The number of amides is 1. The minimum absolute atomic E-state index is 0.0647. The lowest BCUT2D eigenvalue weighted by molar-refractivity contribution is -0.118. The Morgan fingerprint density at radius 3 is 2.56 bits per heavy atom. The van der Waals surface area contributed by atoms with E-state index in [9.17, 15) is 4.79 Å². The number of rotatable bonds is 5. The molecule has 0 saturated carbocycles. The molecular weight excluding hydrogens is 454 g/mol. The fourth-order valence-electron chi connectivity index (χ4n) is 3.98. The normalized spacial score (nSPS) is 11.4. The summed E-state index contributed by atoms with van der Waals surface area (Å²) in [5.41, 5.74) is 7.09. The monoisotopic (exact) mass is 475 g/mol. The van der Waals surface area contributed by atoms with Crippen LogP contribution in [0.3, 0.4) is 0 Å². The van der Waals surface area contributed by atoms with E-state index in [-0.39, 0.29) is 11.8 Å².